The van der Waals surface area contributed by atoms with E-state index in [1.165, 1.54) is 29.8 Å². The largest absolute Gasteiger partial charge is 0.506 e. The highest BCUT2D eigenvalue weighted by Gasteiger charge is 2.12. The lowest BCUT2D eigenvalue weighted by Crippen LogP contribution is -2.18. The Kier molecular flexibility index (Phi) is 3.48. The number of hydrogen-bond acceptors (Lipinski definition) is 4. The molecule has 0 unspecified atom stereocenters. The van der Waals surface area contributed by atoms with Gasteiger partial charge in [-0.15, -0.1) is 0 Å². The van der Waals surface area contributed by atoms with Crippen molar-refractivity contribution in [1.29, 1.82) is 0 Å². The number of para-hydroxylation sites is 2. The lowest BCUT2D eigenvalue weighted by molar-refractivity contribution is 0.101. The van der Waals surface area contributed by atoms with Gasteiger partial charge in [0.2, 0.25) is 0 Å². The molecule has 0 fully saturated rings. The number of aliphatic hydroxyl groups is 1. The number of phenolic OH excluding ortho intramolecular Hbond substituents is 1. The summed E-state index contributed by atoms with van der Waals surface area (Å²) in [7, 11) is 0. The summed E-state index contributed by atoms with van der Waals surface area (Å²) in [5.41, 5.74) is 0.272. The standard InChI is InChI=1S/C14H13NO4/c1-9(17)11-7-15(10(8-16)6-14(11)19)12-4-2-3-5-13(12)18/h2-7,16,18H,8H2,1H3. The van der Waals surface area contributed by atoms with Crippen LogP contribution in [-0.2, 0) is 6.61 Å². The molecule has 0 spiro atoms. The minimum Gasteiger partial charge on any atom is -0.506 e. The first-order valence-corrected chi connectivity index (χ1v) is 5.70. The summed E-state index contributed by atoms with van der Waals surface area (Å²) in [6.45, 7) is 0.923. The van der Waals surface area contributed by atoms with Crippen molar-refractivity contribution in [3.63, 3.8) is 0 Å². The minimum absolute atomic E-state index is 0.00430. The summed E-state index contributed by atoms with van der Waals surface area (Å²) < 4.78 is 1.44. The van der Waals surface area contributed by atoms with Gasteiger partial charge in [0.1, 0.15) is 5.75 Å². The van der Waals surface area contributed by atoms with Crippen molar-refractivity contribution in [2.45, 2.75) is 13.5 Å². The Morgan fingerprint density at radius 2 is 2.00 bits per heavy atom. The van der Waals surface area contributed by atoms with E-state index in [4.69, 9.17) is 0 Å². The van der Waals surface area contributed by atoms with Crippen LogP contribution in [0, 0.1) is 0 Å². The topological polar surface area (TPSA) is 79.5 Å². The predicted molar refractivity (Wildman–Crippen MR) is 69.6 cm³/mol. The molecule has 0 aliphatic carbocycles. The van der Waals surface area contributed by atoms with Crippen molar-refractivity contribution in [3.8, 4) is 11.4 Å². The highest BCUT2D eigenvalue weighted by molar-refractivity contribution is 5.93. The molecule has 2 aromatic rings. The third-order valence-electron chi connectivity index (χ3n) is 2.81. The fourth-order valence-corrected chi connectivity index (χ4v) is 1.85. The van der Waals surface area contributed by atoms with E-state index in [9.17, 15) is 19.8 Å². The lowest BCUT2D eigenvalue weighted by atomic mass is 10.1. The highest BCUT2D eigenvalue weighted by atomic mass is 16.3. The maximum Gasteiger partial charge on any atom is 0.192 e. The Labute approximate surface area is 109 Å². The smallest absolute Gasteiger partial charge is 0.192 e. The maximum absolute atomic E-state index is 11.7. The van der Waals surface area contributed by atoms with Crippen LogP contribution in [0.1, 0.15) is 23.0 Å². The molecule has 0 aliphatic heterocycles. The zero-order chi connectivity index (χ0) is 14.0. The molecule has 0 aliphatic rings. The van der Waals surface area contributed by atoms with E-state index in [1.807, 2.05) is 0 Å². The lowest BCUT2D eigenvalue weighted by Gasteiger charge is -2.14. The highest BCUT2D eigenvalue weighted by Crippen LogP contribution is 2.22. The van der Waals surface area contributed by atoms with Crippen LogP contribution < -0.4 is 5.43 Å². The van der Waals surface area contributed by atoms with Crippen molar-refractivity contribution < 1.29 is 15.0 Å². The van der Waals surface area contributed by atoms with Gasteiger partial charge in [-0.05, 0) is 19.1 Å². The molecule has 1 aromatic heterocycles. The molecule has 1 aromatic carbocycles. The van der Waals surface area contributed by atoms with Crippen LogP contribution in [0.3, 0.4) is 0 Å². The third-order valence-corrected chi connectivity index (χ3v) is 2.81. The average Bonchev–Trinajstić information content (AvgIpc) is 2.39. The SMILES string of the molecule is CC(=O)c1cn(-c2ccccc2O)c(CO)cc1=O. The summed E-state index contributed by atoms with van der Waals surface area (Å²) >= 11 is 0. The van der Waals surface area contributed by atoms with E-state index in [0.717, 1.165) is 0 Å². The number of pyridine rings is 1. The summed E-state index contributed by atoms with van der Waals surface area (Å²) in [6.07, 6.45) is 1.34. The molecule has 19 heavy (non-hydrogen) atoms. The second kappa shape index (κ2) is 5.07. The molecular formula is C14H13NO4. The van der Waals surface area contributed by atoms with E-state index in [2.05, 4.69) is 0 Å². The van der Waals surface area contributed by atoms with Crippen molar-refractivity contribution >= 4 is 5.78 Å². The monoisotopic (exact) mass is 259 g/mol. The van der Waals surface area contributed by atoms with Gasteiger partial charge in [0, 0.05) is 12.3 Å². The summed E-state index contributed by atoms with van der Waals surface area (Å²) in [6, 6.07) is 7.68. The van der Waals surface area contributed by atoms with Crippen LogP contribution in [0.2, 0.25) is 0 Å². The van der Waals surface area contributed by atoms with Gasteiger partial charge in [-0.3, -0.25) is 9.59 Å². The Hall–Kier alpha value is -2.40. The molecule has 2 rings (SSSR count). The van der Waals surface area contributed by atoms with Crippen molar-refractivity contribution in [2.75, 3.05) is 0 Å². The number of phenols is 1. The quantitative estimate of drug-likeness (QED) is 0.813. The van der Waals surface area contributed by atoms with Gasteiger partial charge < -0.3 is 14.8 Å². The first-order valence-electron chi connectivity index (χ1n) is 5.70. The Morgan fingerprint density at radius 1 is 1.32 bits per heavy atom. The molecule has 0 bridgehead atoms. The third kappa shape index (κ3) is 2.41. The molecular weight excluding hydrogens is 246 g/mol. The summed E-state index contributed by atoms with van der Waals surface area (Å²) in [5, 5.41) is 19.1. The molecule has 98 valence electrons. The average molecular weight is 259 g/mol. The molecule has 0 saturated carbocycles. The van der Waals surface area contributed by atoms with E-state index >= 15 is 0 Å². The number of aromatic nitrogens is 1. The predicted octanol–water partition coefficient (Wildman–Crippen LogP) is 1.24. The number of aromatic hydroxyl groups is 1. The first kappa shape index (κ1) is 13.0. The van der Waals surface area contributed by atoms with Gasteiger partial charge >= 0.3 is 0 Å². The zero-order valence-corrected chi connectivity index (χ0v) is 10.3. The van der Waals surface area contributed by atoms with Crippen molar-refractivity contribution in [2.24, 2.45) is 0 Å². The molecule has 5 nitrogen and oxygen atoms in total. The van der Waals surface area contributed by atoms with Crippen LogP contribution >= 0.6 is 0 Å². The summed E-state index contributed by atoms with van der Waals surface area (Å²) in [4.78, 5) is 23.1. The maximum atomic E-state index is 11.7. The number of hydrogen-bond donors (Lipinski definition) is 2. The number of benzene rings is 1. The molecule has 5 heteroatoms. The number of ketones is 1. The zero-order valence-electron chi connectivity index (χ0n) is 10.3. The number of Topliss-reactive ketones (excluding diaryl/α,β-unsaturated/α-hetero) is 1. The molecule has 0 amide bonds. The first-order chi connectivity index (χ1) is 9.04. The van der Waals surface area contributed by atoms with Crippen LogP contribution in [0.15, 0.2) is 41.3 Å². The fourth-order valence-electron chi connectivity index (χ4n) is 1.85. The molecule has 0 radical (unpaired) electrons. The number of carbonyl (C=O) groups is 1. The minimum atomic E-state index is -0.441. The van der Waals surface area contributed by atoms with E-state index in [1.54, 1.807) is 18.2 Å². The number of nitrogens with zero attached hydrogens (tertiary/aromatic N) is 1. The van der Waals surface area contributed by atoms with Crippen molar-refractivity contribution in [1.82, 2.24) is 4.57 Å². The Balaban J connectivity index is 2.75. The molecule has 0 atom stereocenters. The van der Waals surface area contributed by atoms with E-state index in [-0.39, 0.29) is 23.7 Å². The van der Waals surface area contributed by atoms with Gasteiger partial charge in [0.15, 0.2) is 11.2 Å². The van der Waals surface area contributed by atoms with Gasteiger partial charge in [-0.2, -0.15) is 0 Å². The summed E-state index contributed by atoms with van der Waals surface area (Å²) in [5.74, 6) is -0.367. The molecule has 2 N–H and O–H groups in total. The molecule has 1 heterocycles. The number of carbonyl (C=O) groups excluding carboxylic acids is 1. The second-order valence-corrected chi connectivity index (χ2v) is 4.12. The second-order valence-electron chi connectivity index (χ2n) is 4.12. The Morgan fingerprint density at radius 3 is 2.58 bits per heavy atom. The number of aliphatic hydroxyl groups excluding tert-OH is 1. The van der Waals surface area contributed by atoms with Gasteiger partial charge in [0.05, 0.1) is 23.6 Å². The van der Waals surface area contributed by atoms with Crippen LogP contribution in [0.25, 0.3) is 5.69 Å². The van der Waals surface area contributed by atoms with Gasteiger partial charge in [0.25, 0.3) is 0 Å². The molecule has 0 saturated heterocycles. The normalized spacial score (nSPS) is 10.4. The van der Waals surface area contributed by atoms with Crippen LogP contribution in [-0.4, -0.2) is 20.6 Å². The Bertz CT molecular complexity index is 688. The van der Waals surface area contributed by atoms with Crippen LogP contribution in [0.4, 0.5) is 0 Å². The number of rotatable bonds is 3. The van der Waals surface area contributed by atoms with Gasteiger partial charge in [-0.1, -0.05) is 12.1 Å². The fraction of sp³-hybridized carbons (Fsp3) is 0.143. The van der Waals surface area contributed by atoms with Gasteiger partial charge in [-0.25, -0.2) is 0 Å². The van der Waals surface area contributed by atoms with E-state index in [0.29, 0.717) is 11.4 Å². The van der Waals surface area contributed by atoms with Crippen molar-refractivity contribution in [3.05, 3.63) is 58.0 Å². The van der Waals surface area contributed by atoms with Crippen LogP contribution in [0.5, 0.6) is 5.75 Å². The van der Waals surface area contributed by atoms with E-state index < -0.39 is 5.43 Å².